The normalized spacial score (nSPS) is 30.6. The fourth-order valence-electron chi connectivity index (χ4n) is 2.65. The first-order valence-corrected chi connectivity index (χ1v) is 5.90. The molecule has 0 radical (unpaired) electrons. The van der Waals surface area contributed by atoms with Crippen LogP contribution < -0.4 is 5.69 Å². The molecule has 2 aliphatic heterocycles. The van der Waals surface area contributed by atoms with Crippen LogP contribution in [0.4, 0.5) is 0 Å². The van der Waals surface area contributed by atoms with Gasteiger partial charge in [-0.15, -0.1) is 0 Å². The van der Waals surface area contributed by atoms with Crippen LogP contribution >= 0.6 is 0 Å². The summed E-state index contributed by atoms with van der Waals surface area (Å²) in [5.41, 5.74) is -0.245. The molecule has 3 heterocycles. The van der Waals surface area contributed by atoms with Gasteiger partial charge in [0.05, 0.1) is 19.3 Å². The number of likely N-dealkylation sites (N-methyl/N-ethyl adjacent to an activating group) is 1. The Balaban J connectivity index is 1.65. The van der Waals surface area contributed by atoms with E-state index < -0.39 is 0 Å². The molecule has 7 heteroatoms. The Kier molecular flexibility index (Phi) is 2.73. The number of nitrogens with one attached hydrogen (secondary N) is 2. The van der Waals surface area contributed by atoms with Crippen molar-refractivity contribution in [2.24, 2.45) is 0 Å². The summed E-state index contributed by atoms with van der Waals surface area (Å²) in [5.74, 6) is 0.691. The Morgan fingerprint density at radius 1 is 1.53 bits per heavy atom. The maximum absolute atomic E-state index is 10.9. The molecule has 17 heavy (non-hydrogen) atoms. The molecule has 1 aromatic rings. The van der Waals surface area contributed by atoms with Crippen LogP contribution in [0.3, 0.4) is 0 Å². The maximum Gasteiger partial charge on any atom is 0.340 e. The third kappa shape index (κ3) is 2.13. The molecule has 94 valence electrons. The SMILES string of the molecule is CN1CCOC2CN(Cc3n[nH]c(=O)[nH]3)CC21. The zero-order valence-electron chi connectivity index (χ0n) is 9.85. The Labute approximate surface area is 98.8 Å². The minimum Gasteiger partial charge on any atom is -0.374 e. The van der Waals surface area contributed by atoms with Crippen molar-refractivity contribution in [2.45, 2.75) is 18.7 Å². The second-order valence-corrected chi connectivity index (χ2v) is 4.78. The predicted molar refractivity (Wildman–Crippen MR) is 60.6 cm³/mol. The highest BCUT2D eigenvalue weighted by atomic mass is 16.5. The van der Waals surface area contributed by atoms with E-state index in [1.807, 2.05) is 0 Å². The lowest BCUT2D eigenvalue weighted by molar-refractivity contribution is -0.0370. The van der Waals surface area contributed by atoms with Gasteiger partial charge in [-0.3, -0.25) is 14.8 Å². The van der Waals surface area contributed by atoms with Gasteiger partial charge >= 0.3 is 5.69 Å². The Morgan fingerprint density at radius 2 is 2.41 bits per heavy atom. The van der Waals surface area contributed by atoms with Crippen molar-refractivity contribution < 1.29 is 4.74 Å². The molecule has 0 saturated carbocycles. The number of nitrogens with zero attached hydrogens (tertiary/aromatic N) is 3. The number of fused-ring (bicyclic) bond motifs is 1. The summed E-state index contributed by atoms with van der Waals surface area (Å²) in [5, 5.41) is 6.31. The molecule has 2 fully saturated rings. The Hall–Kier alpha value is -1.18. The van der Waals surface area contributed by atoms with Gasteiger partial charge < -0.3 is 4.74 Å². The van der Waals surface area contributed by atoms with E-state index in [2.05, 4.69) is 32.0 Å². The number of morpholine rings is 1. The van der Waals surface area contributed by atoms with Crippen molar-refractivity contribution in [3.8, 4) is 0 Å². The second kappa shape index (κ2) is 4.25. The molecular weight excluding hydrogens is 222 g/mol. The molecule has 0 bridgehead atoms. The first kappa shape index (κ1) is 10.9. The van der Waals surface area contributed by atoms with Gasteiger partial charge in [0.25, 0.3) is 0 Å². The average Bonchev–Trinajstić information content (AvgIpc) is 2.86. The molecule has 2 atom stereocenters. The van der Waals surface area contributed by atoms with E-state index in [1.54, 1.807) is 0 Å². The molecule has 0 aromatic carbocycles. The summed E-state index contributed by atoms with van der Waals surface area (Å²) in [4.78, 5) is 18.2. The zero-order chi connectivity index (χ0) is 11.8. The predicted octanol–water partition coefficient (Wildman–Crippen LogP) is -1.39. The van der Waals surface area contributed by atoms with Gasteiger partial charge in [0.15, 0.2) is 0 Å². The van der Waals surface area contributed by atoms with E-state index in [9.17, 15) is 4.79 Å². The van der Waals surface area contributed by atoms with Gasteiger partial charge in [0.1, 0.15) is 5.82 Å². The van der Waals surface area contributed by atoms with Crippen molar-refractivity contribution >= 4 is 0 Å². The average molecular weight is 239 g/mol. The number of ether oxygens (including phenoxy) is 1. The number of aromatic nitrogens is 3. The van der Waals surface area contributed by atoms with Gasteiger partial charge in [-0.05, 0) is 7.05 Å². The van der Waals surface area contributed by atoms with Crippen molar-refractivity contribution in [3.63, 3.8) is 0 Å². The van der Waals surface area contributed by atoms with Crippen molar-refractivity contribution in [1.29, 1.82) is 0 Å². The molecule has 0 spiro atoms. The van der Waals surface area contributed by atoms with Crippen LogP contribution in [-0.2, 0) is 11.3 Å². The standard InChI is InChI=1S/C10H17N5O2/c1-14-2-3-17-8-5-15(4-7(8)14)6-9-11-10(16)13-12-9/h7-8H,2-6H2,1H3,(H2,11,12,13,16). The summed E-state index contributed by atoms with van der Waals surface area (Å²) >= 11 is 0. The van der Waals surface area contributed by atoms with Crippen LogP contribution in [0.2, 0.25) is 0 Å². The molecule has 7 nitrogen and oxygen atoms in total. The Morgan fingerprint density at radius 3 is 3.12 bits per heavy atom. The van der Waals surface area contributed by atoms with E-state index in [4.69, 9.17) is 4.74 Å². The maximum atomic E-state index is 10.9. The number of hydrogen-bond donors (Lipinski definition) is 2. The number of H-pyrrole nitrogens is 2. The smallest absolute Gasteiger partial charge is 0.340 e. The third-order valence-electron chi connectivity index (χ3n) is 3.58. The van der Waals surface area contributed by atoms with Crippen LogP contribution in [0.25, 0.3) is 0 Å². The summed E-state index contributed by atoms with van der Waals surface area (Å²) in [6.07, 6.45) is 0.291. The Bertz CT molecular complexity index is 442. The third-order valence-corrected chi connectivity index (χ3v) is 3.58. The minimum absolute atomic E-state index is 0.245. The van der Waals surface area contributed by atoms with Crippen LogP contribution in [0.5, 0.6) is 0 Å². The number of likely N-dealkylation sites (tertiary alicyclic amines) is 1. The summed E-state index contributed by atoms with van der Waals surface area (Å²) < 4.78 is 5.76. The number of hydrogen-bond acceptors (Lipinski definition) is 5. The summed E-state index contributed by atoms with van der Waals surface area (Å²) in [7, 11) is 2.14. The molecule has 2 aliphatic rings. The monoisotopic (exact) mass is 239 g/mol. The van der Waals surface area contributed by atoms with Crippen LogP contribution in [0.1, 0.15) is 5.82 Å². The summed E-state index contributed by atoms with van der Waals surface area (Å²) in [6, 6.07) is 0.467. The first-order valence-electron chi connectivity index (χ1n) is 5.90. The van der Waals surface area contributed by atoms with Crippen molar-refractivity contribution in [2.75, 3.05) is 33.3 Å². The topological polar surface area (TPSA) is 77.2 Å². The molecule has 1 aromatic heterocycles. The lowest BCUT2D eigenvalue weighted by Gasteiger charge is -2.33. The highest BCUT2D eigenvalue weighted by Gasteiger charge is 2.38. The highest BCUT2D eigenvalue weighted by Crippen LogP contribution is 2.22. The van der Waals surface area contributed by atoms with E-state index >= 15 is 0 Å². The van der Waals surface area contributed by atoms with Gasteiger partial charge in [-0.1, -0.05) is 0 Å². The molecule has 2 N–H and O–H groups in total. The van der Waals surface area contributed by atoms with Crippen LogP contribution in [0, 0.1) is 0 Å². The molecule has 2 saturated heterocycles. The molecule has 0 aliphatic carbocycles. The van der Waals surface area contributed by atoms with E-state index in [0.717, 1.165) is 26.2 Å². The fraction of sp³-hybridized carbons (Fsp3) is 0.800. The van der Waals surface area contributed by atoms with E-state index in [0.29, 0.717) is 24.5 Å². The highest BCUT2D eigenvalue weighted by molar-refractivity contribution is 4.95. The first-order chi connectivity index (χ1) is 8.22. The largest absolute Gasteiger partial charge is 0.374 e. The van der Waals surface area contributed by atoms with E-state index in [1.165, 1.54) is 0 Å². The lowest BCUT2D eigenvalue weighted by Crippen LogP contribution is -2.48. The molecule has 3 rings (SSSR count). The van der Waals surface area contributed by atoms with Gasteiger partial charge in [-0.25, -0.2) is 9.89 Å². The minimum atomic E-state index is -0.245. The van der Waals surface area contributed by atoms with Crippen LogP contribution in [0.15, 0.2) is 4.79 Å². The fourth-order valence-corrected chi connectivity index (χ4v) is 2.65. The second-order valence-electron chi connectivity index (χ2n) is 4.78. The quantitative estimate of drug-likeness (QED) is 0.664. The zero-order valence-corrected chi connectivity index (χ0v) is 9.85. The molecule has 2 unspecified atom stereocenters. The number of rotatable bonds is 2. The van der Waals surface area contributed by atoms with Gasteiger partial charge in [0, 0.05) is 25.7 Å². The van der Waals surface area contributed by atoms with Gasteiger partial charge in [-0.2, -0.15) is 5.10 Å². The lowest BCUT2D eigenvalue weighted by atomic mass is 10.1. The molecular formula is C10H17N5O2. The van der Waals surface area contributed by atoms with Crippen molar-refractivity contribution in [3.05, 3.63) is 16.3 Å². The van der Waals surface area contributed by atoms with Gasteiger partial charge in [0.2, 0.25) is 0 Å². The van der Waals surface area contributed by atoms with Crippen molar-refractivity contribution in [1.82, 2.24) is 25.0 Å². The number of aromatic amines is 2. The van der Waals surface area contributed by atoms with Crippen LogP contribution in [-0.4, -0.2) is 70.4 Å². The molecule has 0 amide bonds. The summed E-state index contributed by atoms with van der Waals surface area (Å²) in [6.45, 7) is 4.35. The van der Waals surface area contributed by atoms with E-state index in [-0.39, 0.29) is 5.69 Å².